The van der Waals surface area contributed by atoms with Crippen molar-refractivity contribution in [3.05, 3.63) is 53.6 Å². The van der Waals surface area contributed by atoms with E-state index in [0.29, 0.717) is 29.2 Å². The first kappa shape index (κ1) is 20.8. The van der Waals surface area contributed by atoms with Crippen molar-refractivity contribution in [1.82, 2.24) is 5.43 Å². The molecule has 0 atom stereocenters. The van der Waals surface area contributed by atoms with Crippen molar-refractivity contribution in [3.8, 4) is 17.2 Å². The van der Waals surface area contributed by atoms with Gasteiger partial charge in [-0.3, -0.25) is 4.79 Å². The molecule has 2 N–H and O–H groups in total. The summed E-state index contributed by atoms with van der Waals surface area (Å²) in [5.41, 5.74) is 3.39. The quantitative estimate of drug-likeness (QED) is 0.390. The number of benzene rings is 2. The lowest BCUT2D eigenvalue weighted by Crippen LogP contribution is -2.24. The number of esters is 1. The number of hydrogen-bond acceptors (Lipinski definition) is 7. The third kappa shape index (κ3) is 6.31. The summed E-state index contributed by atoms with van der Waals surface area (Å²) in [6, 6.07) is 11.0. The molecule has 0 aliphatic heterocycles. The fourth-order valence-electron chi connectivity index (χ4n) is 2.10. The molecule has 8 nitrogen and oxygen atoms in total. The minimum absolute atomic E-state index is 0.0155. The van der Waals surface area contributed by atoms with E-state index in [0.717, 1.165) is 6.42 Å². The van der Waals surface area contributed by atoms with Crippen LogP contribution in [0.1, 0.15) is 29.3 Å². The Hall–Kier alpha value is -3.55. The molecule has 1 amide bonds. The lowest BCUT2D eigenvalue weighted by atomic mass is 10.2. The van der Waals surface area contributed by atoms with Crippen LogP contribution in [0, 0.1) is 0 Å². The van der Waals surface area contributed by atoms with Gasteiger partial charge in [-0.05, 0) is 54.4 Å². The number of nitrogens with zero attached hydrogens (tertiary/aromatic N) is 1. The van der Waals surface area contributed by atoms with Gasteiger partial charge in [0.15, 0.2) is 18.1 Å². The number of nitrogens with one attached hydrogen (secondary N) is 1. The van der Waals surface area contributed by atoms with Gasteiger partial charge in [-0.2, -0.15) is 5.10 Å². The number of amides is 1. The number of aromatic hydroxyl groups is 1. The van der Waals surface area contributed by atoms with E-state index in [-0.39, 0.29) is 12.4 Å². The average molecular weight is 386 g/mol. The molecule has 148 valence electrons. The number of hydrogen-bond donors (Lipinski definition) is 2. The van der Waals surface area contributed by atoms with Gasteiger partial charge < -0.3 is 19.3 Å². The summed E-state index contributed by atoms with van der Waals surface area (Å²) in [6.45, 7) is 2.05. The second kappa shape index (κ2) is 10.6. The van der Waals surface area contributed by atoms with Crippen molar-refractivity contribution in [2.24, 2.45) is 5.10 Å². The van der Waals surface area contributed by atoms with Gasteiger partial charge in [0.1, 0.15) is 5.75 Å². The first-order valence-corrected chi connectivity index (χ1v) is 8.62. The molecule has 0 saturated carbocycles. The number of ether oxygens (including phenoxy) is 3. The Bertz CT molecular complexity index is 833. The SMILES string of the molecule is CCCOC(=O)c1ccc(OCC(=O)NN=Cc2ccc(O)c(OC)c2)cc1. The van der Waals surface area contributed by atoms with Gasteiger partial charge in [0, 0.05) is 0 Å². The highest BCUT2D eigenvalue weighted by Gasteiger charge is 2.07. The summed E-state index contributed by atoms with van der Waals surface area (Å²) < 4.78 is 15.4. The Labute approximate surface area is 162 Å². The van der Waals surface area contributed by atoms with E-state index in [4.69, 9.17) is 14.2 Å². The largest absolute Gasteiger partial charge is 0.504 e. The normalized spacial score (nSPS) is 10.5. The van der Waals surface area contributed by atoms with Crippen LogP contribution >= 0.6 is 0 Å². The van der Waals surface area contributed by atoms with Crippen LogP contribution in [0.4, 0.5) is 0 Å². The van der Waals surface area contributed by atoms with Crippen molar-refractivity contribution < 1.29 is 28.9 Å². The molecule has 0 aromatic heterocycles. The van der Waals surface area contributed by atoms with Crippen LogP contribution in [0.5, 0.6) is 17.2 Å². The second-order valence-corrected chi connectivity index (χ2v) is 5.67. The monoisotopic (exact) mass is 386 g/mol. The minimum atomic E-state index is -0.451. The lowest BCUT2D eigenvalue weighted by Gasteiger charge is -2.07. The number of hydrazone groups is 1. The summed E-state index contributed by atoms with van der Waals surface area (Å²) in [4.78, 5) is 23.5. The zero-order chi connectivity index (χ0) is 20.4. The first-order chi connectivity index (χ1) is 13.5. The molecule has 0 heterocycles. The van der Waals surface area contributed by atoms with E-state index < -0.39 is 11.9 Å². The highest BCUT2D eigenvalue weighted by atomic mass is 16.5. The van der Waals surface area contributed by atoms with Crippen molar-refractivity contribution in [3.63, 3.8) is 0 Å². The predicted octanol–water partition coefficient (Wildman–Crippen LogP) is 2.50. The number of carbonyl (C=O) groups is 2. The van der Waals surface area contributed by atoms with Gasteiger partial charge >= 0.3 is 5.97 Å². The van der Waals surface area contributed by atoms with E-state index in [1.54, 1.807) is 36.4 Å². The number of phenolic OH excluding ortho intramolecular Hbond substituents is 1. The van der Waals surface area contributed by atoms with E-state index in [1.165, 1.54) is 19.4 Å². The smallest absolute Gasteiger partial charge is 0.338 e. The zero-order valence-electron chi connectivity index (χ0n) is 15.7. The Balaban J connectivity index is 1.80. The molecular formula is C20H22N2O6. The molecule has 0 spiro atoms. The lowest BCUT2D eigenvalue weighted by molar-refractivity contribution is -0.123. The molecule has 0 bridgehead atoms. The van der Waals surface area contributed by atoms with Gasteiger partial charge in [-0.15, -0.1) is 0 Å². The molecule has 0 fully saturated rings. The summed E-state index contributed by atoms with van der Waals surface area (Å²) in [5.74, 6) is -0.0865. The zero-order valence-corrected chi connectivity index (χ0v) is 15.7. The van der Waals surface area contributed by atoms with Gasteiger partial charge in [0.2, 0.25) is 0 Å². The molecule has 2 aromatic rings. The number of methoxy groups -OCH3 is 1. The third-order valence-electron chi connectivity index (χ3n) is 3.50. The molecule has 0 aliphatic carbocycles. The topological polar surface area (TPSA) is 106 Å². The standard InChI is InChI=1S/C20H22N2O6/c1-3-10-27-20(25)15-5-7-16(8-6-15)28-13-19(24)22-21-12-14-4-9-17(23)18(11-14)26-2/h4-9,11-12,23H,3,10,13H2,1-2H3,(H,22,24). The molecule has 0 radical (unpaired) electrons. The predicted molar refractivity (Wildman–Crippen MR) is 103 cm³/mol. The summed E-state index contributed by atoms with van der Waals surface area (Å²) >= 11 is 0. The molecule has 0 unspecified atom stereocenters. The van der Waals surface area contributed by atoms with Crippen LogP contribution in [0.25, 0.3) is 0 Å². The van der Waals surface area contributed by atoms with E-state index >= 15 is 0 Å². The summed E-state index contributed by atoms with van der Waals surface area (Å²) in [6.07, 6.45) is 2.17. The van der Waals surface area contributed by atoms with Crippen LogP contribution in [0.3, 0.4) is 0 Å². The second-order valence-electron chi connectivity index (χ2n) is 5.67. The van der Waals surface area contributed by atoms with Crippen LogP contribution in [-0.4, -0.2) is 43.5 Å². The minimum Gasteiger partial charge on any atom is -0.504 e. The van der Waals surface area contributed by atoms with Gasteiger partial charge in [0.25, 0.3) is 5.91 Å². The average Bonchev–Trinajstić information content (AvgIpc) is 2.72. The molecule has 0 saturated heterocycles. The molecule has 8 heteroatoms. The van der Waals surface area contributed by atoms with Crippen LogP contribution in [0.2, 0.25) is 0 Å². The van der Waals surface area contributed by atoms with Gasteiger partial charge in [-0.25, -0.2) is 10.2 Å². The molecular weight excluding hydrogens is 364 g/mol. The van der Waals surface area contributed by atoms with E-state index in [9.17, 15) is 14.7 Å². The fraction of sp³-hybridized carbons (Fsp3) is 0.250. The highest BCUT2D eigenvalue weighted by Crippen LogP contribution is 2.25. The molecule has 28 heavy (non-hydrogen) atoms. The maximum Gasteiger partial charge on any atom is 0.338 e. The van der Waals surface area contributed by atoms with Crippen molar-refractivity contribution in [2.75, 3.05) is 20.3 Å². The number of rotatable bonds is 9. The Kier molecular flexibility index (Phi) is 7.83. The maximum atomic E-state index is 11.8. The summed E-state index contributed by atoms with van der Waals surface area (Å²) in [7, 11) is 1.44. The fourth-order valence-corrected chi connectivity index (χ4v) is 2.10. The molecule has 0 aliphatic rings. The number of phenols is 1. The Morgan fingerprint density at radius 1 is 1.18 bits per heavy atom. The van der Waals surface area contributed by atoms with Crippen molar-refractivity contribution in [1.29, 1.82) is 0 Å². The maximum absolute atomic E-state index is 11.8. The van der Waals surface area contributed by atoms with E-state index in [1.807, 2.05) is 6.92 Å². The molecule has 2 aromatic carbocycles. The van der Waals surface area contributed by atoms with Crippen LogP contribution < -0.4 is 14.9 Å². The Morgan fingerprint density at radius 2 is 1.93 bits per heavy atom. The van der Waals surface area contributed by atoms with Gasteiger partial charge in [-0.1, -0.05) is 6.92 Å². The van der Waals surface area contributed by atoms with Crippen molar-refractivity contribution in [2.45, 2.75) is 13.3 Å². The van der Waals surface area contributed by atoms with Gasteiger partial charge in [0.05, 0.1) is 25.5 Å². The van der Waals surface area contributed by atoms with E-state index in [2.05, 4.69) is 10.5 Å². The molecule has 2 rings (SSSR count). The Morgan fingerprint density at radius 3 is 2.61 bits per heavy atom. The summed E-state index contributed by atoms with van der Waals surface area (Å²) in [5, 5.41) is 13.4. The highest BCUT2D eigenvalue weighted by molar-refractivity contribution is 5.89. The first-order valence-electron chi connectivity index (χ1n) is 8.62. The van der Waals surface area contributed by atoms with Crippen LogP contribution in [-0.2, 0) is 9.53 Å². The van der Waals surface area contributed by atoms with Crippen molar-refractivity contribution >= 4 is 18.1 Å². The third-order valence-corrected chi connectivity index (χ3v) is 3.50. The number of carbonyl (C=O) groups excluding carboxylic acids is 2. The van der Waals surface area contributed by atoms with Crippen LogP contribution in [0.15, 0.2) is 47.6 Å².